The van der Waals surface area contributed by atoms with Gasteiger partial charge >= 0.3 is 0 Å². The van der Waals surface area contributed by atoms with E-state index in [0.717, 1.165) is 12.8 Å². The van der Waals surface area contributed by atoms with Gasteiger partial charge in [0.25, 0.3) is 0 Å². The Labute approximate surface area is 110 Å². The smallest absolute Gasteiger partial charge is 0.0648 e. The normalized spacial score (nSPS) is 20.6. The second kappa shape index (κ2) is 6.35. The molecule has 3 N–H and O–H groups in total. The van der Waals surface area contributed by atoms with Gasteiger partial charge in [0.05, 0.1) is 6.10 Å². The first kappa shape index (κ1) is 13.6. The summed E-state index contributed by atoms with van der Waals surface area (Å²) in [7, 11) is 0. The molecule has 1 fully saturated rings. The largest absolute Gasteiger partial charge is 0.392 e. The molecule has 2 unspecified atom stereocenters. The maximum atomic E-state index is 10.6. The van der Waals surface area contributed by atoms with Crippen molar-refractivity contribution in [2.45, 2.75) is 51.0 Å². The number of hydrogen-bond donors (Lipinski definition) is 2. The van der Waals surface area contributed by atoms with E-state index in [-0.39, 0.29) is 12.0 Å². The summed E-state index contributed by atoms with van der Waals surface area (Å²) in [5.41, 5.74) is 8.33. The highest BCUT2D eigenvalue weighted by atomic mass is 16.3. The summed E-state index contributed by atoms with van der Waals surface area (Å²) in [5, 5.41) is 10.6. The Morgan fingerprint density at radius 1 is 1.28 bits per heavy atom. The summed E-state index contributed by atoms with van der Waals surface area (Å²) in [6.07, 6.45) is 5.87. The lowest BCUT2D eigenvalue weighted by atomic mass is 9.78. The van der Waals surface area contributed by atoms with E-state index in [2.05, 4.69) is 31.2 Å². The average Bonchev–Trinajstić information content (AvgIpc) is 2.40. The number of hydrogen-bond acceptors (Lipinski definition) is 2. The lowest BCUT2D eigenvalue weighted by Gasteiger charge is -2.32. The van der Waals surface area contributed by atoms with Gasteiger partial charge in [0.15, 0.2) is 0 Å². The zero-order chi connectivity index (χ0) is 13.0. The van der Waals surface area contributed by atoms with Crippen LogP contribution < -0.4 is 5.73 Å². The predicted molar refractivity (Wildman–Crippen MR) is 75.6 cm³/mol. The Morgan fingerprint density at radius 3 is 2.61 bits per heavy atom. The topological polar surface area (TPSA) is 46.2 Å². The highest BCUT2D eigenvalue weighted by Crippen LogP contribution is 2.33. The molecule has 2 rings (SSSR count). The van der Waals surface area contributed by atoms with Crippen LogP contribution >= 0.6 is 0 Å². The van der Waals surface area contributed by atoms with Crippen molar-refractivity contribution in [1.82, 2.24) is 0 Å². The molecule has 0 amide bonds. The summed E-state index contributed by atoms with van der Waals surface area (Å²) >= 11 is 0. The average molecular weight is 247 g/mol. The van der Waals surface area contributed by atoms with Crippen molar-refractivity contribution in [3.63, 3.8) is 0 Å². The molecule has 0 aliphatic heterocycles. The Bertz CT molecular complexity index is 371. The minimum Gasteiger partial charge on any atom is -0.392 e. The molecule has 1 aromatic rings. The molecule has 1 aromatic carbocycles. The van der Waals surface area contributed by atoms with Gasteiger partial charge < -0.3 is 10.8 Å². The monoisotopic (exact) mass is 247 g/mol. The fourth-order valence-corrected chi connectivity index (χ4v) is 3.18. The predicted octanol–water partition coefficient (Wildman–Crippen LogP) is 2.98. The van der Waals surface area contributed by atoms with E-state index in [1.807, 2.05) is 0 Å². The maximum absolute atomic E-state index is 10.6. The van der Waals surface area contributed by atoms with E-state index in [4.69, 9.17) is 5.73 Å². The van der Waals surface area contributed by atoms with Crippen molar-refractivity contribution in [1.29, 1.82) is 0 Å². The molecule has 0 aromatic heterocycles. The zero-order valence-electron chi connectivity index (χ0n) is 11.3. The fourth-order valence-electron chi connectivity index (χ4n) is 3.18. The van der Waals surface area contributed by atoms with E-state index in [0.29, 0.717) is 12.5 Å². The third kappa shape index (κ3) is 3.12. The van der Waals surface area contributed by atoms with E-state index in [1.54, 1.807) is 0 Å². The van der Waals surface area contributed by atoms with Crippen molar-refractivity contribution >= 4 is 0 Å². The highest BCUT2D eigenvalue weighted by Gasteiger charge is 2.29. The minimum absolute atomic E-state index is 0.0907. The number of benzene rings is 1. The van der Waals surface area contributed by atoms with Gasteiger partial charge in [-0.15, -0.1) is 0 Å². The molecular weight excluding hydrogens is 222 g/mol. The molecule has 2 nitrogen and oxygen atoms in total. The van der Waals surface area contributed by atoms with Gasteiger partial charge in [-0.1, -0.05) is 49.1 Å². The highest BCUT2D eigenvalue weighted by molar-refractivity contribution is 5.26. The molecule has 1 saturated carbocycles. The molecule has 0 spiro atoms. The van der Waals surface area contributed by atoms with Gasteiger partial charge in [-0.25, -0.2) is 0 Å². The Morgan fingerprint density at radius 2 is 2.00 bits per heavy atom. The van der Waals surface area contributed by atoms with Crippen molar-refractivity contribution in [3.8, 4) is 0 Å². The second-order valence-corrected chi connectivity index (χ2v) is 5.65. The number of aryl methyl sites for hydroxylation is 1. The zero-order valence-corrected chi connectivity index (χ0v) is 11.3. The quantitative estimate of drug-likeness (QED) is 0.859. The first-order valence-corrected chi connectivity index (χ1v) is 7.17. The number of aliphatic hydroxyl groups excluding tert-OH is 1. The van der Waals surface area contributed by atoms with Crippen LogP contribution in [0.5, 0.6) is 0 Å². The minimum atomic E-state index is -0.280. The van der Waals surface area contributed by atoms with Crippen LogP contribution in [0.1, 0.15) is 49.1 Å². The second-order valence-electron chi connectivity index (χ2n) is 5.65. The van der Waals surface area contributed by atoms with Crippen molar-refractivity contribution in [2.24, 2.45) is 11.7 Å². The molecule has 1 aliphatic rings. The van der Waals surface area contributed by atoms with Gasteiger partial charge in [-0.2, -0.15) is 0 Å². The van der Waals surface area contributed by atoms with Gasteiger partial charge in [-0.3, -0.25) is 0 Å². The first-order valence-electron chi connectivity index (χ1n) is 7.17. The molecule has 2 atom stereocenters. The number of rotatable bonds is 4. The summed E-state index contributed by atoms with van der Waals surface area (Å²) < 4.78 is 0. The molecule has 0 radical (unpaired) electrons. The molecule has 0 saturated heterocycles. The Hall–Kier alpha value is -0.860. The summed E-state index contributed by atoms with van der Waals surface area (Å²) in [6, 6.07) is 8.39. The first-order chi connectivity index (χ1) is 8.72. The van der Waals surface area contributed by atoms with E-state index < -0.39 is 0 Å². The third-order valence-corrected chi connectivity index (χ3v) is 4.27. The maximum Gasteiger partial charge on any atom is 0.0648 e. The third-order valence-electron chi connectivity index (χ3n) is 4.27. The summed E-state index contributed by atoms with van der Waals surface area (Å²) in [6.45, 7) is 2.62. The van der Waals surface area contributed by atoms with Crippen molar-refractivity contribution in [2.75, 3.05) is 6.54 Å². The van der Waals surface area contributed by atoms with Crippen LogP contribution in [0.3, 0.4) is 0 Å². The lowest BCUT2D eigenvalue weighted by Crippen LogP contribution is -2.33. The van der Waals surface area contributed by atoms with Gasteiger partial charge in [0, 0.05) is 12.5 Å². The summed E-state index contributed by atoms with van der Waals surface area (Å²) in [4.78, 5) is 0. The lowest BCUT2D eigenvalue weighted by molar-refractivity contribution is 0.0624. The van der Waals surface area contributed by atoms with Crippen LogP contribution in [0.15, 0.2) is 24.3 Å². The molecule has 0 bridgehead atoms. The molecular formula is C16H25NO. The van der Waals surface area contributed by atoms with Crippen LogP contribution in [-0.4, -0.2) is 17.8 Å². The van der Waals surface area contributed by atoms with Gasteiger partial charge in [0.2, 0.25) is 0 Å². The Kier molecular flexibility index (Phi) is 4.79. The molecule has 100 valence electrons. The van der Waals surface area contributed by atoms with Crippen LogP contribution in [-0.2, 0) is 0 Å². The Balaban J connectivity index is 2.11. The van der Waals surface area contributed by atoms with Crippen LogP contribution in [0, 0.1) is 12.8 Å². The molecule has 2 heteroatoms. The van der Waals surface area contributed by atoms with Crippen LogP contribution in [0.25, 0.3) is 0 Å². The number of nitrogens with two attached hydrogens (primary N) is 1. The van der Waals surface area contributed by atoms with Crippen LogP contribution in [0.2, 0.25) is 0 Å². The number of aliphatic hydroxyl groups is 1. The van der Waals surface area contributed by atoms with Crippen molar-refractivity contribution in [3.05, 3.63) is 35.4 Å². The fraction of sp³-hybridized carbons (Fsp3) is 0.625. The summed E-state index contributed by atoms with van der Waals surface area (Å²) in [5.74, 6) is 0.529. The molecule has 18 heavy (non-hydrogen) atoms. The van der Waals surface area contributed by atoms with Gasteiger partial charge in [-0.05, 0) is 31.2 Å². The molecule has 0 heterocycles. The van der Waals surface area contributed by atoms with Crippen molar-refractivity contribution < 1.29 is 5.11 Å². The standard InChI is InChI=1S/C16H25NO/c1-12-6-5-9-14(10-12)15(11-17)16(18)13-7-3-2-4-8-13/h5-6,9-10,13,15-16,18H,2-4,7-8,11,17H2,1H3. The molecule has 1 aliphatic carbocycles. The van der Waals surface area contributed by atoms with Crippen LogP contribution in [0.4, 0.5) is 0 Å². The van der Waals surface area contributed by atoms with Gasteiger partial charge in [0.1, 0.15) is 0 Å². The van der Waals surface area contributed by atoms with E-state index >= 15 is 0 Å². The van der Waals surface area contributed by atoms with E-state index in [1.165, 1.54) is 30.4 Å². The van der Waals surface area contributed by atoms with E-state index in [9.17, 15) is 5.11 Å². The SMILES string of the molecule is Cc1cccc(C(CN)C(O)C2CCCCC2)c1.